The minimum atomic E-state index is -0.475. The number of hydrogen-bond acceptors (Lipinski definition) is 7. The summed E-state index contributed by atoms with van der Waals surface area (Å²) in [7, 11) is 9.36. The molecule has 142 valence electrons. The van der Waals surface area contributed by atoms with E-state index in [1.165, 1.54) is 0 Å². The van der Waals surface area contributed by atoms with E-state index in [1.54, 1.807) is 42.7 Å². The highest BCUT2D eigenvalue weighted by atomic mass is 16.5. The number of ether oxygens (including phenoxy) is 6. The number of hydrogen-bond donors (Lipinski definition) is 1. The molecule has 0 heterocycles. The molecule has 2 N–H and O–H groups in total. The van der Waals surface area contributed by atoms with Crippen molar-refractivity contribution in [1.29, 1.82) is 0 Å². The van der Waals surface area contributed by atoms with Gasteiger partial charge in [0.2, 0.25) is 11.5 Å². The van der Waals surface area contributed by atoms with Gasteiger partial charge in [0, 0.05) is 0 Å². The van der Waals surface area contributed by atoms with E-state index in [0.29, 0.717) is 34.5 Å². The van der Waals surface area contributed by atoms with Crippen LogP contribution in [0, 0.1) is 0 Å². The third-order valence-corrected chi connectivity index (χ3v) is 4.09. The highest BCUT2D eigenvalue weighted by Gasteiger charge is 2.21. The topological polar surface area (TPSA) is 81.4 Å². The summed E-state index contributed by atoms with van der Waals surface area (Å²) in [5, 5.41) is 0. The van der Waals surface area contributed by atoms with Gasteiger partial charge < -0.3 is 34.2 Å². The van der Waals surface area contributed by atoms with E-state index in [-0.39, 0.29) is 0 Å². The van der Waals surface area contributed by atoms with E-state index < -0.39 is 6.04 Å². The fourth-order valence-corrected chi connectivity index (χ4v) is 2.75. The lowest BCUT2D eigenvalue weighted by atomic mass is 9.98. The molecule has 2 rings (SSSR count). The lowest BCUT2D eigenvalue weighted by molar-refractivity contribution is 0.322. The smallest absolute Gasteiger partial charge is 0.203 e. The second-order valence-electron chi connectivity index (χ2n) is 5.40. The van der Waals surface area contributed by atoms with Crippen LogP contribution in [-0.2, 0) is 0 Å². The standard InChI is InChI=1S/C19H25NO6/c1-21-13-7-11(8-14(22-2)18(13)25-5)17(20)12-9-15(23-3)19(26-6)16(10-12)24-4/h7-10,17H,20H2,1-6H3. The van der Waals surface area contributed by atoms with Crippen molar-refractivity contribution in [3.8, 4) is 34.5 Å². The Morgan fingerprint density at radius 3 is 1.00 bits per heavy atom. The number of rotatable bonds is 8. The van der Waals surface area contributed by atoms with Crippen LogP contribution >= 0.6 is 0 Å². The summed E-state index contributed by atoms with van der Waals surface area (Å²) in [4.78, 5) is 0. The molecule has 7 nitrogen and oxygen atoms in total. The van der Waals surface area contributed by atoms with Crippen molar-refractivity contribution in [2.75, 3.05) is 42.7 Å². The largest absolute Gasteiger partial charge is 0.493 e. The fraction of sp³-hybridized carbons (Fsp3) is 0.368. The van der Waals surface area contributed by atoms with Crippen molar-refractivity contribution < 1.29 is 28.4 Å². The molecular formula is C19H25NO6. The summed E-state index contributed by atoms with van der Waals surface area (Å²) in [5.74, 6) is 3.15. The molecule has 0 aromatic heterocycles. The predicted molar refractivity (Wildman–Crippen MR) is 98.2 cm³/mol. The second kappa shape index (κ2) is 8.53. The van der Waals surface area contributed by atoms with Gasteiger partial charge in [0.25, 0.3) is 0 Å². The first-order chi connectivity index (χ1) is 12.5. The van der Waals surface area contributed by atoms with Crippen molar-refractivity contribution in [2.45, 2.75) is 6.04 Å². The van der Waals surface area contributed by atoms with Crippen LogP contribution in [-0.4, -0.2) is 42.7 Å². The Morgan fingerprint density at radius 2 is 0.808 bits per heavy atom. The van der Waals surface area contributed by atoms with Crippen molar-refractivity contribution in [3.63, 3.8) is 0 Å². The number of methoxy groups -OCH3 is 6. The Hall–Kier alpha value is -2.80. The summed E-state index contributed by atoms with van der Waals surface area (Å²) in [6.07, 6.45) is 0. The maximum atomic E-state index is 6.49. The molecule has 0 radical (unpaired) electrons. The molecule has 0 aliphatic carbocycles. The van der Waals surface area contributed by atoms with Crippen molar-refractivity contribution in [1.82, 2.24) is 0 Å². The van der Waals surface area contributed by atoms with Crippen molar-refractivity contribution in [2.24, 2.45) is 5.73 Å². The van der Waals surface area contributed by atoms with Crippen LogP contribution in [0.3, 0.4) is 0 Å². The molecule has 0 bridgehead atoms. The second-order valence-corrected chi connectivity index (χ2v) is 5.40. The third kappa shape index (κ3) is 3.57. The zero-order valence-electron chi connectivity index (χ0n) is 15.9. The van der Waals surface area contributed by atoms with Gasteiger partial charge in [-0.05, 0) is 35.4 Å². The van der Waals surface area contributed by atoms with Crippen LogP contribution in [0.5, 0.6) is 34.5 Å². The van der Waals surface area contributed by atoms with Crippen LogP contribution in [0.1, 0.15) is 17.2 Å². The molecule has 0 fully saturated rings. The Morgan fingerprint density at radius 1 is 0.538 bits per heavy atom. The molecule has 0 spiro atoms. The molecular weight excluding hydrogens is 338 g/mol. The maximum absolute atomic E-state index is 6.49. The molecule has 0 amide bonds. The molecule has 2 aromatic carbocycles. The van der Waals surface area contributed by atoms with E-state index in [2.05, 4.69) is 0 Å². The molecule has 7 heteroatoms. The van der Waals surface area contributed by atoms with Gasteiger partial charge in [-0.3, -0.25) is 0 Å². The Kier molecular flexibility index (Phi) is 6.41. The minimum absolute atomic E-state index is 0.475. The van der Waals surface area contributed by atoms with Gasteiger partial charge in [-0.2, -0.15) is 0 Å². The monoisotopic (exact) mass is 363 g/mol. The molecule has 0 unspecified atom stereocenters. The van der Waals surface area contributed by atoms with Crippen LogP contribution < -0.4 is 34.2 Å². The van der Waals surface area contributed by atoms with Crippen LogP contribution in [0.25, 0.3) is 0 Å². The first-order valence-corrected chi connectivity index (χ1v) is 7.89. The van der Waals surface area contributed by atoms with Gasteiger partial charge in [0.05, 0.1) is 48.7 Å². The molecule has 26 heavy (non-hydrogen) atoms. The summed E-state index contributed by atoms with van der Waals surface area (Å²) in [5.41, 5.74) is 8.06. The summed E-state index contributed by atoms with van der Waals surface area (Å²) >= 11 is 0. The molecule has 0 aliphatic rings. The van der Waals surface area contributed by atoms with Gasteiger partial charge in [-0.15, -0.1) is 0 Å². The summed E-state index contributed by atoms with van der Waals surface area (Å²) in [6.45, 7) is 0. The summed E-state index contributed by atoms with van der Waals surface area (Å²) < 4.78 is 32.3. The quantitative estimate of drug-likeness (QED) is 0.772. The zero-order valence-corrected chi connectivity index (χ0v) is 15.9. The highest BCUT2D eigenvalue weighted by molar-refractivity contribution is 5.58. The molecule has 2 aromatic rings. The lowest BCUT2D eigenvalue weighted by Crippen LogP contribution is -2.13. The van der Waals surface area contributed by atoms with Gasteiger partial charge in [-0.25, -0.2) is 0 Å². The van der Waals surface area contributed by atoms with Crippen LogP contribution in [0.4, 0.5) is 0 Å². The van der Waals surface area contributed by atoms with Gasteiger partial charge in [-0.1, -0.05) is 0 Å². The van der Waals surface area contributed by atoms with Gasteiger partial charge in [0.15, 0.2) is 23.0 Å². The Labute approximate surface area is 153 Å². The zero-order chi connectivity index (χ0) is 19.3. The van der Waals surface area contributed by atoms with Crippen molar-refractivity contribution >= 4 is 0 Å². The van der Waals surface area contributed by atoms with E-state index >= 15 is 0 Å². The van der Waals surface area contributed by atoms with E-state index in [0.717, 1.165) is 11.1 Å². The predicted octanol–water partition coefficient (Wildman–Crippen LogP) is 2.79. The third-order valence-electron chi connectivity index (χ3n) is 4.09. The fourth-order valence-electron chi connectivity index (χ4n) is 2.75. The average molecular weight is 363 g/mol. The van der Waals surface area contributed by atoms with Crippen LogP contribution in [0.2, 0.25) is 0 Å². The SMILES string of the molecule is COc1cc(C(N)c2cc(OC)c(OC)c(OC)c2)cc(OC)c1OC. The Bertz CT molecular complexity index is 648. The van der Waals surface area contributed by atoms with Crippen molar-refractivity contribution in [3.05, 3.63) is 35.4 Å². The average Bonchev–Trinajstić information content (AvgIpc) is 2.70. The highest BCUT2D eigenvalue weighted by Crippen LogP contribution is 2.43. The van der Waals surface area contributed by atoms with Gasteiger partial charge >= 0.3 is 0 Å². The first kappa shape index (κ1) is 19.5. The van der Waals surface area contributed by atoms with Crippen LogP contribution in [0.15, 0.2) is 24.3 Å². The summed E-state index contributed by atoms with van der Waals surface area (Å²) in [6, 6.07) is 6.78. The lowest BCUT2D eigenvalue weighted by Gasteiger charge is -2.20. The minimum Gasteiger partial charge on any atom is -0.493 e. The Balaban J connectivity index is 2.57. The maximum Gasteiger partial charge on any atom is 0.203 e. The first-order valence-electron chi connectivity index (χ1n) is 7.89. The van der Waals surface area contributed by atoms with E-state index in [9.17, 15) is 0 Å². The number of benzene rings is 2. The molecule has 0 saturated carbocycles. The molecule has 0 aliphatic heterocycles. The molecule has 0 saturated heterocycles. The van der Waals surface area contributed by atoms with Gasteiger partial charge in [0.1, 0.15) is 0 Å². The normalized spacial score (nSPS) is 10.5. The number of nitrogens with two attached hydrogens (primary N) is 1. The molecule has 0 atom stereocenters. The van der Waals surface area contributed by atoms with E-state index in [1.807, 2.05) is 24.3 Å². The van der Waals surface area contributed by atoms with E-state index in [4.69, 9.17) is 34.2 Å².